The van der Waals surface area contributed by atoms with Crippen molar-refractivity contribution in [2.45, 2.75) is 51.6 Å². The van der Waals surface area contributed by atoms with Gasteiger partial charge in [0, 0.05) is 5.41 Å². The van der Waals surface area contributed by atoms with Gasteiger partial charge in [-0.25, -0.2) is 4.39 Å². The number of ether oxygens (including phenoxy) is 1. The van der Waals surface area contributed by atoms with Crippen LogP contribution in [0.15, 0.2) is 18.2 Å². The third kappa shape index (κ3) is 4.31. The van der Waals surface area contributed by atoms with Gasteiger partial charge in [0.1, 0.15) is 12.4 Å². The SMILES string of the molecule is CC(OC(=O)CNC(=O)C12CC3CC(CC(C3)C1)C2)C(=O)Nc1ccc(F)cc1Cl. The molecule has 162 valence electrons. The fourth-order valence-corrected chi connectivity index (χ4v) is 6.06. The van der Waals surface area contributed by atoms with Crippen molar-refractivity contribution < 1.29 is 23.5 Å². The number of halogens is 2. The minimum atomic E-state index is -1.09. The van der Waals surface area contributed by atoms with Gasteiger partial charge in [-0.05, 0) is 81.4 Å². The van der Waals surface area contributed by atoms with E-state index in [1.807, 2.05) is 0 Å². The summed E-state index contributed by atoms with van der Waals surface area (Å²) < 4.78 is 18.2. The van der Waals surface area contributed by atoms with Gasteiger partial charge >= 0.3 is 5.97 Å². The minimum absolute atomic E-state index is 0.0460. The largest absolute Gasteiger partial charge is 0.451 e. The molecule has 0 spiro atoms. The van der Waals surface area contributed by atoms with Crippen LogP contribution in [-0.4, -0.2) is 30.4 Å². The van der Waals surface area contributed by atoms with Gasteiger partial charge in [0.2, 0.25) is 5.91 Å². The Morgan fingerprint density at radius 3 is 2.33 bits per heavy atom. The van der Waals surface area contributed by atoms with E-state index >= 15 is 0 Å². The van der Waals surface area contributed by atoms with Gasteiger partial charge in [0.05, 0.1) is 10.7 Å². The van der Waals surface area contributed by atoms with Crippen molar-refractivity contribution in [3.63, 3.8) is 0 Å². The lowest BCUT2D eigenvalue weighted by molar-refractivity contribution is -0.155. The molecular formula is C22H26ClFN2O4. The molecule has 1 aromatic carbocycles. The summed E-state index contributed by atoms with van der Waals surface area (Å²) >= 11 is 5.89. The Hall–Kier alpha value is -2.15. The van der Waals surface area contributed by atoms with E-state index in [2.05, 4.69) is 10.6 Å². The first-order valence-corrected chi connectivity index (χ1v) is 10.9. The predicted octanol–water partition coefficient (Wildman–Crippen LogP) is 3.68. The Morgan fingerprint density at radius 2 is 1.77 bits per heavy atom. The van der Waals surface area contributed by atoms with Crippen LogP contribution in [0.3, 0.4) is 0 Å². The van der Waals surface area contributed by atoms with Crippen molar-refractivity contribution in [2.24, 2.45) is 23.2 Å². The summed E-state index contributed by atoms with van der Waals surface area (Å²) in [6.07, 6.45) is 5.36. The maximum atomic E-state index is 13.1. The molecule has 2 amide bonds. The van der Waals surface area contributed by atoms with E-state index in [0.717, 1.165) is 31.4 Å². The number of anilines is 1. The fourth-order valence-electron chi connectivity index (χ4n) is 5.85. The van der Waals surface area contributed by atoms with Crippen molar-refractivity contribution in [3.05, 3.63) is 29.0 Å². The number of carbonyl (C=O) groups excluding carboxylic acids is 3. The molecule has 1 atom stereocenters. The quantitative estimate of drug-likeness (QED) is 0.666. The van der Waals surface area contributed by atoms with Crippen LogP contribution in [0.25, 0.3) is 0 Å². The molecule has 1 unspecified atom stereocenters. The van der Waals surface area contributed by atoms with E-state index in [4.69, 9.17) is 16.3 Å². The summed E-state index contributed by atoms with van der Waals surface area (Å²) in [5.74, 6) is 0.0501. The zero-order valence-corrected chi connectivity index (χ0v) is 17.6. The van der Waals surface area contributed by atoms with Crippen molar-refractivity contribution in [1.29, 1.82) is 0 Å². The molecule has 4 fully saturated rings. The van der Waals surface area contributed by atoms with Crippen molar-refractivity contribution in [3.8, 4) is 0 Å². The van der Waals surface area contributed by atoms with Crippen molar-refractivity contribution in [1.82, 2.24) is 5.32 Å². The van der Waals surface area contributed by atoms with Crippen LogP contribution in [0.4, 0.5) is 10.1 Å². The average molecular weight is 437 g/mol. The Balaban J connectivity index is 1.26. The van der Waals surface area contributed by atoms with Gasteiger partial charge in [-0.2, -0.15) is 0 Å². The molecule has 4 bridgehead atoms. The molecule has 1 aromatic rings. The van der Waals surface area contributed by atoms with Crippen LogP contribution in [0.2, 0.25) is 5.02 Å². The Kier molecular flexibility index (Phi) is 5.75. The molecule has 30 heavy (non-hydrogen) atoms. The Bertz CT molecular complexity index is 839. The lowest BCUT2D eigenvalue weighted by Gasteiger charge is -2.55. The highest BCUT2D eigenvalue weighted by atomic mass is 35.5. The topological polar surface area (TPSA) is 84.5 Å². The molecule has 0 radical (unpaired) electrons. The molecule has 8 heteroatoms. The summed E-state index contributed by atoms with van der Waals surface area (Å²) in [5, 5.41) is 5.28. The summed E-state index contributed by atoms with van der Waals surface area (Å²) in [5.41, 5.74) is -0.113. The first kappa shape index (κ1) is 21.1. The maximum Gasteiger partial charge on any atom is 0.326 e. The molecule has 4 saturated carbocycles. The second-order valence-electron chi connectivity index (χ2n) is 9.13. The van der Waals surface area contributed by atoms with Crippen LogP contribution in [-0.2, 0) is 19.1 Å². The number of hydrogen-bond acceptors (Lipinski definition) is 4. The van der Waals surface area contributed by atoms with Gasteiger partial charge in [0.15, 0.2) is 6.10 Å². The maximum absolute atomic E-state index is 13.1. The standard InChI is InChI=1S/C22H26ClFN2O4/c1-12(20(28)26-18-3-2-16(24)7-17(18)23)30-19(27)11-25-21(29)22-8-13-4-14(9-22)6-15(5-13)10-22/h2-3,7,12-15H,4-6,8-11H2,1H3,(H,25,29)(H,26,28). The second-order valence-corrected chi connectivity index (χ2v) is 9.53. The summed E-state index contributed by atoms with van der Waals surface area (Å²) in [6.45, 7) is 1.15. The predicted molar refractivity (Wildman–Crippen MR) is 109 cm³/mol. The van der Waals surface area contributed by atoms with Gasteiger partial charge in [0.25, 0.3) is 5.91 Å². The molecule has 0 saturated heterocycles. The molecule has 0 aliphatic heterocycles. The van der Waals surface area contributed by atoms with Crippen LogP contribution in [0, 0.1) is 29.0 Å². The normalized spacial score (nSPS) is 29.9. The second kappa shape index (κ2) is 8.17. The minimum Gasteiger partial charge on any atom is -0.451 e. The van der Waals surface area contributed by atoms with E-state index < -0.39 is 23.8 Å². The Morgan fingerprint density at radius 1 is 1.17 bits per heavy atom. The van der Waals surface area contributed by atoms with E-state index in [9.17, 15) is 18.8 Å². The lowest BCUT2D eigenvalue weighted by atomic mass is 9.49. The number of benzene rings is 1. The monoisotopic (exact) mass is 436 g/mol. The molecule has 5 rings (SSSR count). The van der Waals surface area contributed by atoms with Gasteiger partial charge in [-0.15, -0.1) is 0 Å². The highest BCUT2D eigenvalue weighted by Gasteiger charge is 2.54. The third-order valence-electron chi connectivity index (χ3n) is 6.78. The van der Waals surface area contributed by atoms with Crippen LogP contribution in [0.1, 0.15) is 45.4 Å². The number of rotatable bonds is 6. The van der Waals surface area contributed by atoms with E-state index in [0.29, 0.717) is 17.8 Å². The first-order valence-electron chi connectivity index (χ1n) is 10.5. The summed E-state index contributed by atoms with van der Waals surface area (Å²) in [4.78, 5) is 37.3. The fraction of sp³-hybridized carbons (Fsp3) is 0.591. The molecule has 0 heterocycles. The first-order chi connectivity index (χ1) is 14.2. The molecular weight excluding hydrogens is 411 g/mol. The van der Waals surface area contributed by atoms with Gasteiger partial charge < -0.3 is 15.4 Å². The number of hydrogen-bond donors (Lipinski definition) is 2. The van der Waals surface area contributed by atoms with Crippen LogP contribution >= 0.6 is 11.6 Å². The summed E-state index contributed by atoms with van der Waals surface area (Å²) in [6, 6.07) is 3.57. The van der Waals surface area contributed by atoms with Crippen LogP contribution < -0.4 is 10.6 Å². The number of carbonyl (C=O) groups is 3. The molecule has 0 aromatic heterocycles. The highest BCUT2D eigenvalue weighted by Crippen LogP contribution is 2.60. The van der Waals surface area contributed by atoms with Crippen LogP contribution in [0.5, 0.6) is 0 Å². The van der Waals surface area contributed by atoms with Crippen molar-refractivity contribution >= 4 is 35.1 Å². The number of amides is 2. The molecule has 4 aliphatic carbocycles. The van der Waals surface area contributed by atoms with E-state index in [1.165, 1.54) is 32.3 Å². The molecule has 6 nitrogen and oxygen atoms in total. The van der Waals surface area contributed by atoms with E-state index in [-0.39, 0.29) is 28.6 Å². The Labute approximate surface area is 179 Å². The summed E-state index contributed by atoms with van der Waals surface area (Å²) in [7, 11) is 0. The molecule has 4 aliphatic rings. The van der Waals surface area contributed by atoms with E-state index in [1.54, 1.807) is 0 Å². The van der Waals surface area contributed by atoms with Gasteiger partial charge in [-0.3, -0.25) is 14.4 Å². The zero-order valence-electron chi connectivity index (χ0n) is 16.9. The van der Waals surface area contributed by atoms with Crippen molar-refractivity contribution in [2.75, 3.05) is 11.9 Å². The number of nitrogens with one attached hydrogen (secondary N) is 2. The molecule has 2 N–H and O–H groups in total. The average Bonchev–Trinajstić information content (AvgIpc) is 2.67. The number of esters is 1. The van der Waals surface area contributed by atoms with Gasteiger partial charge in [-0.1, -0.05) is 11.6 Å². The smallest absolute Gasteiger partial charge is 0.326 e. The highest BCUT2D eigenvalue weighted by molar-refractivity contribution is 6.33. The lowest BCUT2D eigenvalue weighted by Crippen LogP contribution is -2.54. The third-order valence-corrected chi connectivity index (χ3v) is 7.09. The zero-order chi connectivity index (χ0) is 21.5.